The van der Waals surface area contributed by atoms with E-state index in [2.05, 4.69) is 10.6 Å². The van der Waals surface area contributed by atoms with Crippen molar-refractivity contribution in [3.05, 3.63) is 24.0 Å². The number of nitrogens with zero attached hydrogens (tertiary/aromatic N) is 1. The van der Waals surface area contributed by atoms with Gasteiger partial charge in [0.05, 0.1) is 0 Å². The molecule has 1 atom stereocenters. The highest BCUT2D eigenvalue weighted by atomic mass is 16.4. The molecule has 1 aliphatic heterocycles. The van der Waals surface area contributed by atoms with E-state index in [9.17, 15) is 14.4 Å². The number of rotatable bonds is 4. The highest BCUT2D eigenvalue weighted by Crippen LogP contribution is 2.05. The predicted molar refractivity (Wildman–Crippen MR) is 65.6 cm³/mol. The minimum Gasteiger partial charge on any atom is -0.477 e. The van der Waals surface area contributed by atoms with Gasteiger partial charge in [-0.2, -0.15) is 0 Å². The Morgan fingerprint density at radius 3 is 3.00 bits per heavy atom. The summed E-state index contributed by atoms with van der Waals surface area (Å²) in [6, 6.07) is 2.46. The summed E-state index contributed by atoms with van der Waals surface area (Å²) in [5.74, 6) is -1.65. The fourth-order valence-corrected chi connectivity index (χ4v) is 2.05. The van der Waals surface area contributed by atoms with Crippen LogP contribution in [0.5, 0.6) is 0 Å². The van der Waals surface area contributed by atoms with E-state index in [4.69, 9.17) is 5.11 Å². The van der Waals surface area contributed by atoms with Gasteiger partial charge in [0.15, 0.2) is 0 Å². The molecule has 7 nitrogen and oxygen atoms in total. The molecule has 2 rings (SSSR count). The molecule has 0 aliphatic carbocycles. The molecule has 0 spiro atoms. The molecule has 19 heavy (non-hydrogen) atoms. The van der Waals surface area contributed by atoms with Crippen LogP contribution < -0.4 is 10.6 Å². The van der Waals surface area contributed by atoms with Gasteiger partial charge in [-0.3, -0.25) is 9.59 Å². The molecule has 0 bridgehead atoms. The maximum absolute atomic E-state index is 11.8. The molecule has 102 valence electrons. The molecule has 3 N–H and O–H groups in total. The van der Waals surface area contributed by atoms with Gasteiger partial charge < -0.3 is 20.3 Å². The van der Waals surface area contributed by atoms with Crippen molar-refractivity contribution in [2.45, 2.75) is 25.4 Å². The molecule has 2 amide bonds. The molecule has 1 unspecified atom stereocenters. The van der Waals surface area contributed by atoms with Crippen molar-refractivity contribution in [2.24, 2.45) is 0 Å². The van der Waals surface area contributed by atoms with Crippen LogP contribution in [0.2, 0.25) is 0 Å². The molecule has 1 saturated heterocycles. The van der Waals surface area contributed by atoms with Crippen LogP contribution in [0.25, 0.3) is 0 Å². The Morgan fingerprint density at radius 1 is 1.53 bits per heavy atom. The van der Waals surface area contributed by atoms with Crippen LogP contribution in [-0.4, -0.2) is 40.0 Å². The van der Waals surface area contributed by atoms with Gasteiger partial charge in [-0.25, -0.2) is 4.79 Å². The number of carboxylic acids is 1. The number of carbonyl (C=O) groups excluding carboxylic acids is 2. The summed E-state index contributed by atoms with van der Waals surface area (Å²) in [4.78, 5) is 34.2. The van der Waals surface area contributed by atoms with E-state index < -0.39 is 12.0 Å². The normalized spacial score (nSPS) is 18.7. The van der Waals surface area contributed by atoms with Crippen LogP contribution >= 0.6 is 0 Å². The maximum atomic E-state index is 11.8. The zero-order chi connectivity index (χ0) is 13.8. The Morgan fingerprint density at radius 2 is 2.32 bits per heavy atom. The predicted octanol–water partition coefficient (Wildman–Crippen LogP) is -0.419. The molecular weight excluding hydrogens is 250 g/mol. The zero-order valence-corrected chi connectivity index (χ0v) is 10.3. The molecule has 1 aromatic rings. The van der Waals surface area contributed by atoms with Crippen molar-refractivity contribution < 1.29 is 19.5 Å². The first-order valence-electron chi connectivity index (χ1n) is 6.03. The number of hydrogen-bond donors (Lipinski definition) is 3. The molecule has 0 saturated carbocycles. The molecule has 7 heteroatoms. The van der Waals surface area contributed by atoms with Crippen molar-refractivity contribution in [2.75, 3.05) is 6.54 Å². The lowest BCUT2D eigenvalue weighted by Gasteiger charge is -2.22. The topological polar surface area (TPSA) is 100 Å². The first-order valence-corrected chi connectivity index (χ1v) is 6.03. The Labute approximate surface area is 109 Å². The number of aromatic nitrogens is 1. The van der Waals surface area contributed by atoms with Gasteiger partial charge in [-0.05, 0) is 25.0 Å². The molecular formula is C12H15N3O4. The molecule has 1 aliphatic rings. The number of carbonyl (C=O) groups is 3. The van der Waals surface area contributed by atoms with Gasteiger partial charge in [-0.1, -0.05) is 0 Å². The monoisotopic (exact) mass is 265 g/mol. The lowest BCUT2D eigenvalue weighted by Crippen LogP contribution is -2.50. The summed E-state index contributed by atoms with van der Waals surface area (Å²) in [6.45, 7) is 0.518. The van der Waals surface area contributed by atoms with Gasteiger partial charge in [0, 0.05) is 12.7 Å². The van der Waals surface area contributed by atoms with Crippen molar-refractivity contribution in [3.63, 3.8) is 0 Å². The van der Waals surface area contributed by atoms with Gasteiger partial charge >= 0.3 is 5.97 Å². The Bertz CT molecular complexity index is 509. The Hall–Kier alpha value is -2.31. The van der Waals surface area contributed by atoms with Crippen LogP contribution in [0.15, 0.2) is 18.3 Å². The second-order valence-electron chi connectivity index (χ2n) is 4.38. The number of hydrogen-bond acceptors (Lipinski definition) is 3. The van der Waals surface area contributed by atoms with Crippen LogP contribution in [0.3, 0.4) is 0 Å². The van der Waals surface area contributed by atoms with E-state index in [1.807, 2.05) is 0 Å². The summed E-state index contributed by atoms with van der Waals surface area (Å²) in [7, 11) is 0. The van der Waals surface area contributed by atoms with Crippen LogP contribution in [0, 0.1) is 0 Å². The third-order valence-corrected chi connectivity index (χ3v) is 2.98. The van der Waals surface area contributed by atoms with E-state index in [0.717, 1.165) is 6.42 Å². The summed E-state index contributed by atoms with van der Waals surface area (Å²) < 4.78 is 1.33. The largest absolute Gasteiger partial charge is 0.477 e. The number of nitrogens with one attached hydrogen (secondary N) is 2. The van der Waals surface area contributed by atoms with Crippen molar-refractivity contribution in [3.8, 4) is 0 Å². The fraction of sp³-hybridized carbons (Fsp3) is 0.417. The minimum absolute atomic E-state index is 0.0447. The van der Waals surface area contributed by atoms with E-state index in [1.54, 1.807) is 6.07 Å². The summed E-state index contributed by atoms with van der Waals surface area (Å²) in [6.07, 6.45) is 2.94. The van der Waals surface area contributed by atoms with E-state index in [1.165, 1.54) is 16.8 Å². The first-order chi connectivity index (χ1) is 9.08. The summed E-state index contributed by atoms with van der Waals surface area (Å²) >= 11 is 0. The highest BCUT2D eigenvalue weighted by Gasteiger charge is 2.23. The van der Waals surface area contributed by atoms with E-state index in [0.29, 0.717) is 13.0 Å². The second-order valence-corrected chi connectivity index (χ2v) is 4.38. The fourth-order valence-electron chi connectivity index (χ4n) is 2.05. The Balaban J connectivity index is 1.95. The lowest BCUT2D eigenvalue weighted by atomic mass is 10.1. The van der Waals surface area contributed by atoms with Gasteiger partial charge in [-0.15, -0.1) is 0 Å². The minimum atomic E-state index is -1.09. The molecule has 0 radical (unpaired) electrons. The Kier molecular flexibility index (Phi) is 3.84. The van der Waals surface area contributed by atoms with Crippen LogP contribution in [-0.2, 0) is 16.1 Å². The molecule has 1 aromatic heterocycles. The highest BCUT2D eigenvalue weighted by molar-refractivity contribution is 5.89. The third kappa shape index (κ3) is 3.12. The SMILES string of the molecule is O=C(Cn1cccc1C(=O)O)NC1CCCNC1=O. The van der Waals surface area contributed by atoms with Crippen molar-refractivity contribution in [1.29, 1.82) is 0 Å². The summed E-state index contributed by atoms with van der Waals surface area (Å²) in [5.41, 5.74) is 0.0447. The van der Waals surface area contributed by atoms with Gasteiger partial charge in [0.25, 0.3) is 0 Å². The average Bonchev–Trinajstić information content (AvgIpc) is 2.80. The smallest absolute Gasteiger partial charge is 0.352 e. The number of amides is 2. The quantitative estimate of drug-likeness (QED) is 0.688. The second kappa shape index (κ2) is 5.55. The van der Waals surface area contributed by atoms with Gasteiger partial charge in [0.2, 0.25) is 11.8 Å². The lowest BCUT2D eigenvalue weighted by molar-refractivity contribution is -0.130. The standard InChI is InChI=1S/C12H15N3O4/c16-10(14-8-3-1-5-13-11(8)17)7-15-6-2-4-9(15)12(18)19/h2,4,6,8H,1,3,5,7H2,(H,13,17)(H,14,16)(H,18,19). The number of carboxylic acid groups (broad SMARTS) is 1. The number of piperidine rings is 1. The van der Waals surface area contributed by atoms with Crippen molar-refractivity contribution in [1.82, 2.24) is 15.2 Å². The maximum Gasteiger partial charge on any atom is 0.352 e. The molecule has 1 fully saturated rings. The third-order valence-electron chi connectivity index (χ3n) is 2.98. The van der Waals surface area contributed by atoms with Crippen LogP contribution in [0.4, 0.5) is 0 Å². The summed E-state index contributed by atoms with van der Waals surface area (Å²) in [5, 5.41) is 14.2. The van der Waals surface area contributed by atoms with E-state index >= 15 is 0 Å². The van der Waals surface area contributed by atoms with Gasteiger partial charge in [0.1, 0.15) is 18.3 Å². The molecule has 0 aromatic carbocycles. The molecule has 2 heterocycles. The number of aromatic carboxylic acids is 1. The van der Waals surface area contributed by atoms with E-state index in [-0.39, 0.29) is 24.1 Å². The average molecular weight is 265 g/mol. The zero-order valence-electron chi connectivity index (χ0n) is 10.3. The first kappa shape index (κ1) is 13.1. The van der Waals surface area contributed by atoms with Crippen LogP contribution in [0.1, 0.15) is 23.3 Å². The van der Waals surface area contributed by atoms with Crippen molar-refractivity contribution >= 4 is 17.8 Å².